The van der Waals surface area contributed by atoms with Gasteiger partial charge in [-0.2, -0.15) is 0 Å². The molecule has 0 heterocycles. The maximum Gasteiger partial charge on any atom is 0.317 e. The molecule has 1 aliphatic rings. The molecule has 0 aromatic rings. The molecular weight excluding hydrogens is 244 g/mol. The lowest BCUT2D eigenvalue weighted by molar-refractivity contribution is -0.137. The maximum absolute atomic E-state index is 11.7. The van der Waals surface area contributed by atoms with E-state index in [0.717, 1.165) is 18.3 Å². The Kier molecular flexibility index (Phi) is 6.67. The van der Waals surface area contributed by atoms with Crippen molar-refractivity contribution in [2.45, 2.75) is 45.4 Å². The lowest BCUT2D eigenvalue weighted by Gasteiger charge is -2.26. The Hall–Kier alpha value is -1.26. The third-order valence-corrected chi connectivity index (χ3v) is 3.97. The number of rotatable bonds is 6. The molecule has 1 saturated carbocycles. The number of urea groups is 1. The number of carboxylic acid groups (broad SMARTS) is 1. The van der Waals surface area contributed by atoms with Crippen LogP contribution in [0.25, 0.3) is 0 Å². The summed E-state index contributed by atoms with van der Waals surface area (Å²) in [6.45, 7) is 3.24. The number of aliphatic carboxylic acids is 1. The maximum atomic E-state index is 11.7. The van der Waals surface area contributed by atoms with Crippen molar-refractivity contribution < 1.29 is 14.7 Å². The molecule has 0 radical (unpaired) electrons. The number of carbonyl (C=O) groups excluding carboxylic acids is 1. The van der Waals surface area contributed by atoms with Gasteiger partial charge in [0.2, 0.25) is 0 Å². The van der Waals surface area contributed by atoms with Crippen LogP contribution >= 0.6 is 0 Å². The van der Waals surface area contributed by atoms with Crippen molar-refractivity contribution in [1.82, 2.24) is 10.2 Å². The number of carboxylic acids is 1. The van der Waals surface area contributed by atoms with Crippen LogP contribution in [-0.2, 0) is 4.79 Å². The van der Waals surface area contributed by atoms with Gasteiger partial charge in [0.05, 0.1) is 6.42 Å². The molecule has 0 aromatic carbocycles. The summed E-state index contributed by atoms with van der Waals surface area (Å²) in [4.78, 5) is 23.5. The minimum absolute atomic E-state index is 0.00949. The molecule has 0 bridgehead atoms. The van der Waals surface area contributed by atoms with Gasteiger partial charge in [-0.15, -0.1) is 0 Å². The monoisotopic (exact) mass is 270 g/mol. The minimum Gasteiger partial charge on any atom is -0.481 e. The van der Waals surface area contributed by atoms with Gasteiger partial charge in [-0.1, -0.05) is 32.6 Å². The summed E-state index contributed by atoms with van der Waals surface area (Å²) in [7, 11) is 1.63. The molecule has 1 aliphatic carbocycles. The van der Waals surface area contributed by atoms with E-state index < -0.39 is 5.97 Å². The standard InChI is InChI=1S/C14H26N2O3/c1-11-3-5-12(6-4-11)7-9-15-14(19)16(2)10-8-13(17)18/h11-12H,3-10H2,1-2H3,(H,15,19)(H,17,18). The zero-order valence-electron chi connectivity index (χ0n) is 12.0. The van der Waals surface area contributed by atoms with Crippen LogP contribution in [0.3, 0.4) is 0 Å². The molecule has 0 unspecified atom stereocenters. The smallest absolute Gasteiger partial charge is 0.317 e. The first-order valence-corrected chi connectivity index (χ1v) is 7.19. The molecule has 1 rings (SSSR count). The molecule has 0 aromatic heterocycles. The summed E-state index contributed by atoms with van der Waals surface area (Å²) in [6.07, 6.45) is 6.17. The summed E-state index contributed by atoms with van der Waals surface area (Å²) >= 11 is 0. The fourth-order valence-electron chi connectivity index (χ4n) is 2.50. The van der Waals surface area contributed by atoms with Gasteiger partial charge < -0.3 is 15.3 Å². The first-order chi connectivity index (χ1) is 8.99. The third kappa shape index (κ3) is 6.45. The zero-order valence-corrected chi connectivity index (χ0v) is 12.0. The molecule has 2 N–H and O–H groups in total. The Morgan fingerprint density at radius 3 is 2.47 bits per heavy atom. The summed E-state index contributed by atoms with van der Waals surface area (Å²) in [5.74, 6) is 0.713. The van der Waals surface area contributed by atoms with Crippen LogP contribution in [0.15, 0.2) is 0 Å². The molecule has 2 amide bonds. The molecule has 19 heavy (non-hydrogen) atoms. The van der Waals surface area contributed by atoms with E-state index >= 15 is 0 Å². The zero-order chi connectivity index (χ0) is 14.3. The van der Waals surface area contributed by atoms with Crippen molar-refractivity contribution in [3.8, 4) is 0 Å². The topological polar surface area (TPSA) is 69.6 Å². The van der Waals surface area contributed by atoms with Gasteiger partial charge in [-0.3, -0.25) is 4.79 Å². The first-order valence-electron chi connectivity index (χ1n) is 7.19. The summed E-state index contributed by atoms with van der Waals surface area (Å²) in [5.41, 5.74) is 0. The van der Waals surface area contributed by atoms with E-state index in [9.17, 15) is 9.59 Å². The van der Waals surface area contributed by atoms with Crippen molar-refractivity contribution in [3.63, 3.8) is 0 Å². The lowest BCUT2D eigenvalue weighted by atomic mass is 9.81. The van der Waals surface area contributed by atoms with E-state index in [1.54, 1.807) is 7.05 Å². The molecule has 5 heteroatoms. The van der Waals surface area contributed by atoms with E-state index in [1.165, 1.54) is 30.6 Å². The minimum atomic E-state index is -0.879. The number of nitrogens with zero attached hydrogens (tertiary/aromatic N) is 1. The molecule has 0 atom stereocenters. The summed E-state index contributed by atoms with van der Waals surface area (Å²) in [6, 6.07) is -0.176. The summed E-state index contributed by atoms with van der Waals surface area (Å²) < 4.78 is 0. The Balaban J connectivity index is 2.11. The van der Waals surface area contributed by atoms with Gasteiger partial charge in [0.25, 0.3) is 0 Å². The van der Waals surface area contributed by atoms with Crippen LogP contribution in [0, 0.1) is 11.8 Å². The van der Waals surface area contributed by atoms with Gasteiger partial charge in [-0.25, -0.2) is 4.79 Å². The molecule has 0 aliphatic heterocycles. The fraction of sp³-hybridized carbons (Fsp3) is 0.857. The SMILES string of the molecule is CC1CCC(CCNC(=O)N(C)CCC(=O)O)CC1. The van der Waals surface area contributed by atoms with Crippen LogP contribution in [0.2, 0.25) is 0 Å². The van der Waals surface area contributed by atoms with Crippen LogP contribution in [-0.4, -0.2) is 42.1 Å². The van der Waals surface area contributed by atoms with Crippen LogP contribution < -0.4 is 5.32 Å². The second kappa shape index (κ2) is 8.02. The molecule has 5 nitrogen and oxygen atoms in total. The Labute approximate surface area is 115 Å². The predicted molar refractivity (Wildman–Crippen MR) is 74.0 cm³/mol. The van der Waals surface area contributed by atoms with E-state index in [0.29, 0.717) is 6.54 Å². The van der Waals surface area contributed by atoms with E-state index in [4.69, 9.17) is 5.11 Å². The van der Waals surface area contributed by atoms with Gasteiger partial charge in [-0.05, 0) is 18.3 Å². The molecule has 110 valence electrons. The van der Waals surface area contributed by atoms with Crippen molar-refractivity contribution in [1.29, 1.82) is 0 Å². The largest absolute Gasteiger partial charge is 0.481 e. The third-order valence-electron chi connectivity index (χ3n) is 3.97. The number of nitrogens with one attached hydrogen (secondary N) is 1. The predicted octanol–water partition coefficient (Wildman–Crippen LogP) is 2.32. The second-order valence-corrected chi connectivity index (χ2v) is 5.71. The van der Waals surface area contributed by atoms with Gasteiger partial charge in [0, 0.05) is 20.1 Å². The quantitative estimate of drug-likeness (QED) is 0.778. The number of carbonyl (C=O) groups is 2. The number of amides is 2. The highest BCUT2D eigenvalue weighted by atomic mass is 16.4. The van der Waals surface area contributed by atoms with Crippen molar-refractivity contribution in [2.75, 3.05) is 20.1 Å². The van der Waals surface area contributed by atoms with Crippen molar-refractivity contribution in [2.24, 2.45) is 11.8 Å². The number of hydrogen-bond acceptors (Lipinski definition) is 2. The lowest BCUT2D eigenvalue weighted by Crippen LogP contribution is -2.39. The Morgan fingerprint density at radius 2 is 1.89 bits per heavy atom. The average molecular weight is 270 g/mol. The van der Waals surface area contributed by atoms with E-state index in [2.05, 4.69) is 12.2 Å². The normalized spacial score (nSPS) is 22.8. The van der Waals surface area contributed by atoms with Crippen LogP contribution in [0.1, 0.15) is 45.4 Å². The van der Waals surface area contributed by atoms with Crippen LogP contribution in [0.4, 0.5) is 4.79 Å². The fourth-order valence-corrected chi connectivity index (χ4v) is 2.50. The number of hydrogen-bond donors (Lipinski definition) is 2. The molecule has 0 saturated heterocycles. The van der Waals surface area contributed by atoms with Gasteiger partial charge >= 0.3 is 12.0 Å². The highest BCUT2D eigenvalue weighted by Crippen LogP contribution is 2.29. The van der Waals surface area contributed by atoms with Crippen molar-refractivity contribution in [3.05, 3.63) is 0 Å². The molecule has 0 spiro atoms. The van der Waals surface area contributed by atoms with Crippen molar-refractivity contribution >= 4 is 12.0 Å². The molecular formula is C14H26N2O3. The Morgan fingerprint density at radius 1 is 1.26 bits per heavy atom. The van der Waals surface area contributed by atoms with E-state index in [-0.39, 0.29) is 19.0 Å². The first kappa shape index (κ1) is 15.8. The van der Waals surface area contributed by atoms with Gasteiger partial charge in [0.1, 0.15) is 0 Å². The highest BCUT2D eigenvalue weighted by Gasteiger charge is 2.18. The van der Waals surface area contributed by atoms with Crippen LogP contribution in [0.5, 0.6) is 0 Å². The van der Waals surface area contributed by atoms with Gasteiger partial charge in [0.15, 0.2) is 0 Å². The highest BCUT2D eigenvalue weighted by molar-refractivity contribution is 5.74. The van der Waals surface area contributed by atoms with E-state index in [1.807, 2.05) is 0 Å². The summed E-state index contributed by atoms with van der Waals surface area (Å²) in [5, 5.41) is 11.4. The molecule has 1 fully saturated rings. The average Bonchev–Trinajstić information content (AvgIpc) is 2.38. The second-order valence-electron chi connectivity index (χ2n) is 5.71. The Bertz CT molecular complexity index is 299.